The molecule has 0 bridgehead atoms. The molecule has 0 saturated carbocycles. The Balaban J connectivity index is 1.30. The van der Waals surface area contributed by atoms with Gasteiger partial charge in [-0.1, -0.05) is 30.3 Å². The summed E-state index contributed by atoms with van der Waals surface area (Å²) < 4.78 is 28.3. The molecule has 0 radical (unpaired) electrons. The largest absolute Gasteiger partial charge is 0.497 e. The first-order valence-corrected chi connectivity index (χ1v) is 11.9. The second-order valence-corrected chi connectivity index (χ2v) is 8.99. The Kier molecular flexibility index (Phi) is 5.64. The lowest BCUT2D eigenvalue weighted by Crippen LogP contribution is -2.43. The molecule has 3 aromatic rings. The number of alkyl carbamates (subject to hydrolysis) is 1. The Hall–Kier alpha value is -4.20. The average Bonchev–Trinajstić information content (AvgIpc) is 3.38. The van der Waals surface area contributed by atoms with Crippen LogP contribution in [0.3, 0.4) is 0 Å². The molecule has 1 amide bonds. The number of carbonyl (C=O) groups is 2. The van der Waals surface area contributed by atoms with Crippen LogP contribution < -0.4 is 24.3 Å². The van der Waals surface area contributed by atoms with Crippen molar-refractivity contribution in [3.05, 3.63) is 82.9 Å². The van der Waals surface area contributed by atoms with Gasteiger partial charge in [-0.15, -0.1) is 0 Å². The van der Waals surface area contributed by atoms with Crippen LogP contribution in [0.5, 0.6) is 23.0 Å². The van der Waals surface area contributed by atoms with Crippen molar-refractivity contribution in [3.63, 3.8) is 0 Å². The molecule has 3 atom stereocenters. The number of rotatable bonds is 4. The molecule has 2 aliphatic heterocycles. The first kappa shape index (κ1) is 22.3. The molecule has 6 rings (SSSR count). The molecule has 8 heteroatoms. The van der Waals surface area contributed by atoms with Gasteiger partial charge in [0.2, 0.25) is 18.7 Å². The molecular formula is C28H25NO7. The molecule has 36 heavy (non-hydrogen) atoms. The van der Waals surface area contributed by atoms with Gasteiger partial charge in [-0.2, -0.15) is 0 Å². The molecule has 1 aliphatic carbocycles. The number of ketones is 1. The van der Waals surface area contributed by atoms with Crippen LogP contribution in [-0.4, -0.2) is 31.9 Å². The van der Waals surface area contributed by atoms with E-state index in [9.17, 15) is 9.59 Å². The average molecular weight is 488 g/mol. The highest BCUT2D eigenvalue weighted by Crippen LogP contribution is 2.42. The number of aryl methyl sites for hydroxylation is 1. The van der Waals surface area contributed by atoms with Gasteiger partial charge in [0, 0.05) is 11.6 Å². The van der Waals surface area contributed by atoms with E-state index in [-0.39, 0.29) is 18.6 Å². The fourth-order valence-corrected chi connectivity index (χ4v) is 5.06. The molecule has 2 heterocycles. The third-order valence-electron chi connectivity index (χ3n) is 6.86. The summed E-state index contributed by atoms with van der Waals surface area (Å²) in [6, 6.07) is 18.1. The van der Waals surface area contributed by atoms with Crippen LogP contribution in [0, 0.1) is 0 Å². The standard InChI is InChI=1S/C28H25NO7/c1-32-18-10-11-20-23(14-18)35-26(17-9-12-22-24(13-17)34-15-33-22)27(25(20)30)36-28(31)29-21-8-4-6-16-5-2-3-7-19(16)21/h2-3,5,7,9-14,21,26-27H,4,6,8,15H2,1H3,(H,29,31)/t21-,26-,27?/m0/s1. The zero-order chi connectivity index (χ0) is 24.6. The van der Waals surface area contributed by atoms with Crippen LogP contribution in [0.25, 0.3) is 0 Å². The first-order valence-electron chi connectivity index (χ1n) is 11.9. The Morgan fingerprint density at radius 1 is 1.00 bits per heavy atom. The quantitative estimate of drug-likeness (QED) is 0.559. The maximum absolute atomic E-state index is 13.6. The molecule has 0 saturated heterocycles. The summed E-state index contributed by atoms with van der Waals surface area (Å²) in [5, 5.41) is 2.97. The second kappa shape index (κ2) is 9.11. The predicted octanol–water partition coefficient (Wildman–Crippen LogP) is 4.91. The van der Waals surface area contributed by atoms with Crippen LogP contribution in [-0.2, 0) is 11.2 Å². The molecule has 0 spiro atoms. The van der Waals surface area contributed by atoms with Gasteiger partial charge in [0.15, 0.2) is 17.6 Å². The summed E-state index contributed by atoms with van der Waals surface area (Å²) in [5.41, 5.74) is 3.25. The van der Waals surface area contributed by atoms with Crippen molar-refractivity contribution in [2.24, 2.45) is 0 Å². The van der Waals surface area contributed by atoms with Crippen LogP contribution >= 0.6 is 0 Å². The minimum Gasteiger partial charge on any atom is -0.497 e. The number of carbonyl (C=O) groups excluding carboxylic acids is 2. The number of hydrogen-bond acceptors (Lipinski definition) is 7. The Morgan fingerprint density at radius 2 is 1.86 bits per heavy atom. The van der Waals surface area contributed by atoms with Gasteiger partial charge >= 0.3 is 6.09 Å². The van der Waals surface area contributed by atoms with Crippen LogP contribution in [0.15, 0.2) is 60.7 Å². The number of methoxy groups -OCH3 is 1. The minimum absolute atomic E-state index is 0.120. The van der Waals surface area contributed by atoms with Crippen molar-refractivity contribution < 1.29 is 33.3 Å². The number of amides is 1. The van der Waals surface area contributed by atoms with E-state index in [4.69, 9.17) is 23.7 Å². The maximum atomic E-state index is 13.6. The van der Waals surface area contributed by atoms with Crippen LogP contribution in [0.4, 0.5) is 4.79 Å². The van der Waals surface area contributed by atoms with Gasteiger partial charge < -0.3 is 29.0 Å². The SMILES string of the molecule is COc1ccc2c(c1)O[C@@H](c1ccc3c(c1)OCO3)C(OC(=O)N[C@H]1CCCc3ccccc31)C2=O. The van der Waals surface area contributed by atoms with Crippen molar-refractivity contribution >= 4 is 11.9 Å². The molecular weight excluding hydrogens is 462 g/mol. The van der Waals surface area contributed by atoms with Gasteiger partial charge in [-0.3, -0.25) is 4.79 Å². The zero-order valence-electron chi connectivity index (χ0n) is 19.7. The predicted molar refractivity (Wildman–Crippen MR) is 129 cm³/mol. The normalized spacial score (nSPS) is 21.6. The Morgan fingerprint density at radius 3 is 2.75 bits per heavy atom. The third kappa shape index (κ3) is 3.98. The summed E-state index contributed by atoms with van der Waals surface area (Å²) >= 11 is 0. The highest BCUT2D eigenvalue weighted by atomic mass is 16.7. The van der Waals surface area contributed by atoms with E-state index in [1.807, 2.05) is 18.2 Å². The van der Waals surface area contributed by atoms with Crippen molar-refractivity contribution in [2.45, 2.75) is 37.5 Å². The van der Waals surface area contributed by atoms with Crippen LogP contribution in [0.2, 0.25) is 0 Å². The van der Waals surface area contributed by atoms with E-state index in [1.54, 1.807) is 43.5 Å². The highest BCUT2D eigenvalue weighted by molar-refractivity contribution is 6.04. The Labute approximate surface area is 208 Å². The van der Waals surface area contributed by atoms with Crippen molar-refractivity contribution in [1.29, 1.82) is 0 Å². The van der Waals surface area contributed by atoms with Gasteiger partial charge in [-0.25, -0.2) is 4.79 Å². The molecule has 3 aliphatic rings. The van der Waals surface area contributed by atoms with Crippen molar-refractivity contribution in [1.82, 2.24) is 5.32 Å². The van der Waals surface area contributed by atoms with E-state index >= 15 is 0 Å². The monoisotopic (exact) mass is 487 g/mol. The lowest BCUT2D eigenvalue weighted by Gasteiger charge is -2.33. The molecule has 1 N–H and O–H groups in total. The van der Waals surface area contributed by atoms with E-state index in [0.29, 0.717) is 34.1 Å². The van der Waals surface area contributed by atoms with E-state index in [1.165, 1.54) is 5.56 Å². The summed E-state index contributed by atoms with van der Waals surface area (Å²) in [6.45, 7) is 0.120. The number of hydrogen-bond donors (Lipinski definition) is 1. The number of Topliss-reactive ketones (excluding diaryl/α,β-unsaturated/α-hetero) is 1. The number of benzene rings is 3. The summed E-state index contributed by atoms with van der Waals surface area (Å²) in [6.07, 6.45) is 0.00494. The Bertz CT molecular complexity index is 1340. The fourth-order valence-electron chi connectivity index (χ4n) is 5.06. The fraction of sp³-hybridized carbons (Fsp3) is 0.286. The second-order valence-electron chi connectivity index (χ2n) is 8.99. The summed E-state index contributed by atoms with van der Waals surface area (Å²) in [7, 11) is 1.54. The van der Waals surface area contributed by atoms with E-state index < -0.39 is 18.3 Å². The van der Waals surface area contributed by atoms with Crippen molar-refractivity contribution in [2.75, 3.05) is 13.9 Å². The third-order valence-corrected chi connectivity index (χ3v) is 6.86. The maximum Gasteiger partial charge on any atom is 0.408 e. The number of ether oxygens (including phenoxy) is 5. The number of fused-ring (bicyclic) bond motifs is 3. The van der Waals surface area contributed by atoms with Gasteiger partial charge in [-0.05, 0) is 54.7 Å². The molecule has 0 aromatic heterocycles. The van der Waals surface area contributed by atoms with Crippen LogP contribution in [0.1, 0.15) is 52.0 Å². The summed E-state index contributed by atoms with van der Waals surface area (Å²) in [5.74, 6) is 1.72. The molecule has 0 fully saturated rings. The van der Waals surface area contributed by atoms with Crippen molar-refractivity contribution in [3.8, 4) is 23.0 Å². The molecule has 8 nitrogen and oxygen atoms in total. The molecule has 1 unspecified atom stereocenters. The highest BCUT2D eigenvalue weighted by Gasteiger charge is 2.42. The first-order chi connectivity index (χ1) is 17.6. The molecule has 3 aromatic carbocycles. The lowest BCUT2D eigenvalue weighted by atomic mass is 9.88. The number of nitrogens with one attached hydrogen (secondary N) is 1. The van der Waals surface area contributed by atoms with Gasteiger partial charge in [0.05, 0.1) is 18.7 Å². The van der Waals surface area contributed by atoms with E-state index in [0.717, 1.165) is 24.8 Å². The van der Waals surface area contributed by atoms with E-state index in [2.05, 4.69) is 11.4 Å². The summed E-state index contributed by atoms with van der Waals surface area (Å²) in [4.78, 5) is 26.7. The topological polar surface area (TPSA) is 92.3 Å². The van der Waals surface area contributed by atoms with Gasteiger partial charge in [0.1, 0.15) is 11.5 Å². The molecule has 184 valence electrons. The lowest BCUT2D eigenvalue weighted by molar-refractivity contribution is 0.00793. The minimum atomic E-state index is -1.19. The zero-order valence-corrected chi connectivity index (χ0v) is 19.7. The smallest absolute Gasteiger partial charge is 0.408 e. The van der Waals surface area contributed by atoms with Gasteiger partial charge in [0.25, 0.3) is 0 Å².